The molecule has 2 aromatic heterocycles. The summed E-state index contributed by atoms with van der Waals surface area (Å²) in [6.45, 7) is 3.86. The van der Waals surface area contributed by atoms with Crippen LogP contribution < -0.4 is 29.6 Å². The Morgan fingerprint density at radius 3 is 2.42 bits per heavy atom. The molecule has 17 nitrogen and oxygen atoms in total. The molecule has 4 heterocycles. The fraction of sp³-hybridized carbons (Fsp3) is 0.532. The molecule has 4 fully saturated rings. The first kappa shape index (κ1) is 44.3. The minimum atomic E-state index is -3.93. The van der Waals surface area contributed by atoms with E-state index >= 15 is 0 Å². The summed E-state index contributed by atoms with van der Waals surface area (Å²) in [5, 5.41) is 10.7. The molecule has 18 heteroatoms. The maximum absolute atomic E-state index is 14.9. The zero-order valence-electron chi connectivity index (χ0n) is 37.0. The molecular weight excluding hydrogens is 855 g/mol. The van der Waals surface area contributed by atoms with E-state index in [1.54, 1.807) is 23.8 Å². The monoisotopic (exact) mass is 911 g/mol. The summed E-state index contributed by atoms with van der Waals surface area (Å²) < 4.78 is 53.8. The van der Waals surface area contributed by atoms with Gasteiger partial charge in [0.05, 0.1) is 36.2 Å². The number of ether oxygens (including phenoxy) is 4. The van der Waals surface area contributed by atoms with E-state index in [2.05, 4.69) is 15.4 Å². The van der Waals surface area contributed by atoms with Gasteiger partial charge in [0.15, 0.2) is 5.65 Å². The largest absolute Gasteiger partial charge is 0.497 e. The average molecular weight is 912 g/mol. The Morgan fingerprint density at radius 1 is 0.923 bits per heavy atom. The summed E-state index contributed by atoms with van der Waals surface area (Å²) in [5.41, 5.74) is 0.932. The van der Waals surface area contributed by atoms with Gasteiger partial charge in [-0.15, -0.1) is 0 Å². The van der Waals surface area contributed by atoms with Crippen LogP contribution in [0, 0.1) is 5.92 Å². The van der Waals surface area contributed by atoms with E-state index < -0.39 is 68.7 Å². The quantitative estimate of drug-likeness (QED) is 0.154. The molecule has 0 spiro atoms. The number of allylic oxidation sites excluding steroid dienone is 1. The van der Waals surface area contributed by atoms with Crippen LogP contribution in [0.3, 0.4) is 0 Å². The molecule has 1 saturated heterocycles. The van der Waals surface area contributed by atoms with Crippen molar-refractivity contribution in [3.05, 3.63) is 60.7 Å². The van der Waals surface area contributed by atoms with Crippen LogP contribution >= 0.6 is 0 Å². The van der Waals surface area contributed by atoms with E-state index in [0.717, 1.165) is 49.5 Å². The number of nitrogens with one attached hydrogen (secondary N) is 3. The maximum atomic E-state index is 14.9. The average Bonchev–Trinajstić information content (AvgIpc) is 4.09. The third-order valence-electron chi connectivity index (χ3n) is 13.1. The molecule has 0 radical (unpaired) electrons. The molecule has 3 saturated carbocycles. The number of amides is 4. The SMILES string of the molecule is COc1ccc2c(c1)nn1c(O[C@@H]3C[C@H]4C(=O)N[C@]5(C(=O)NS(=O)(=O)C6CC6)C[C@H]5C=CCCCCC[C@H](NC(=O)OC5CCCC5)C(=O)N4C3)cc(-c3ccc(OC(C)C)cc3)nc21. The van der Waals surface area contributed by atoms with Gasteiger partial charge in [0.2, 0.25) is 27.7 Å². The molecule has 2 aromatic carbocycles. The first-order chi connectivity index (χ1) is 31.3. The zero-order chi connectivity index (χ0) is 45.5. The Labute approximate surface area is 378 Å². The van der Waals surface area contributed by atoms with Crippen molar-refractivity contribution < 1.29 is 46.5 Å². The molecule has 0 bridgehead atoms. The van der Waals surface area contributed by atoms with Crippen LogP contribution in [0.25, 0.3) is 27.8 Å². The lowest BCUT2D eigenvalue weighted by Gasteiger charge is -2.30. The highest BCUT2D eigenvalue weighted by Gasteiger charge is 2.62. The van der Waals surface area contributed by atoms with Gasteiger partial charge in [0.1, 0.15) is 41.3 Å². The summed E-state index contributed by atoms with van der Waals surface area (Å²) in [6, 6.07) is 12.6. The second kappa shape index (κ2) is 18.2. The van der Waals surface area contributed by atoms with E-state index in [-0.39, 0.29) is 31.6 Å². The summed E-state index contributed by atoms with van der Waals surface area (Å²) in [6.07, 6.45) is 9.84. The van der Waals surface area contributed by atoms with Gasteiger partial charge in [-0.25, -0.2) is 18.2 Å². The van der Waals surface area contributed by atoms with Crippen molar-refractivity contribution in [2.75, 3.05) is 13.7 Å². The molecule has 3 aliphatic carbocycles. The van der Waals surface area contributed by atoms with Crippen molar-refractivity contribution in [2.24, 2.45) is 5.92 Å². The number of alkyl carbamates (subject to hydrolysis) is 1. The fourth-order valence-electron chi connectivity index (χ4n) is 9.33. The Morgan fingerprint density at radius 2 is 1.68 bits per heavy atom. The van der Waals surface area contributed by atoms with E-state index in [1.807, 2.05) is 62.4 Å². The molecule has 4 amide bonds. The molecule has 5 aliphatic rings. The summed E-state index contributed by atoms with van der Waals surface area (Å²) in [7, 11) is -2.35. The van der Waals surface area contributed by atoms with Crippen LogP contribution in [-0.4, -0.2) is 107 Å². The van der Waals surface area contributed by atoms with Gasteiger partial charge in [-0.3, -0.25) is 19.1 Å². The molecule has 65 heavy (non-hydrogen) atoms. The zero-order valence-corrected chi connectivity index (χ0v) is 37.8. The van der Waals surface area contributed by atoms with Crippen molar-refractivity contribution in [2.45, 2.75) is 139 Å². The number of hydrogen-bond donors (Lipinski definition) is 3. The van der Waals surface area contributed by atoms with Crippen LogP contribution in [0.1, 0.15) is 97.3 Å². The van der Waals surface area contributed by atoms with Crippen LogP contribution in [0.15, 0.2) is 60.7 Å². The van der Waals surface area contributed by atoms with Crippen molar-refractivity contribution in [3.63, 3.8) is 0 Å². The van der Waals surface area contributed by atoms with Gasteiger partial charge in [0.25, 0.3) is 5.91 Å². The highest BCUT2D eigenvalue weighted by molar-refractivity contribution is 7.91. The standard InChI is InChI=1S/C47H57N7O10S/c1-28(2)62-32-17-15-29(16-18-32)38-25-41(54-42(48-38)36-22-19-33(61-3)23-39(36)51-54)63-34-24-40-43(55)50-47(45(57)52-65(59,60)35-20-21-35)26-30(47)11-7-5-4-6-8-14-37(44(56)53(40)27-34)49-46(58)64-31-12-9-10-13-31/h7,11,15-19,22-23,25,28,30-31,34-35,37,40H,4-6,8-10,12-14,20-21,24,26-27H2,1-3H3,(H,49,58)(H,50,55)(H,52,57)/t30-,34-,37+,40+,47-/m1/s1. The Balaban J connectivity index is 1.06. The van der Waals surface area contributed by atoms with Crippen LogP contribution in [0.2, 0.25) is 0 Å². The second-order valence-electron chi connectivity index (χ2n) is 18.3. The lowest BCUT2D eigenvalue weighted by molar-refractivity contribution is -0.141. The number of nitrogens with zero attached hydrogens (tertiary/aromatic N) is 4. The molecule has 4 aromatic rings. The number of carbonyl (C=O) groups is 4. The number of benzene rings is 2. The lowest BCUT2D eigenvalue weighted by atomic mass is 10.0. The molecular formula is C47H57N7O10S. The Bertz CT molecular complexity index is 2610. The van der Waals surface area contributed by atoms with Crippen molar-refractivity contribution in [1.29, 1.82) is 0 Å². The van der Waals surface area contributed by atoms with Gasteiger partial charge in [0, 0.05) is 35.4 Å². The van der Waals surface area contributed by atoms with E-state index in [9.17, 15) is 27.6 Å². The lowest BCUT2D eigenvalue weighted by Crippen LogP contribution is -2.58. The van der Waals surface area contributed by atoms with E-state index in [0.29, 0.717) is 66.3 Å². The topological polar surface area (TPSA) is 209 Å². The smallest absolute Gasteiger partial charge is 0.408 e. The normalized spacial score (nSPS) is 25.3. The Kier molecular flexibility index (Phi) is 12.4. The van der Waals surface area contributed by atoms with Crippen molar-refractivity contribution in [3.8, 4) is 28.6 Å². The number of fused-ring (bicyclic) bond motifs is 5. The number of hydrogen-bond acceptors (Lipinski definition) is 12. The number of sulfonamides is 1. The van der Waals surface area contributed by atoms with Gasteiger partial charge in [-0.05, 0) is 114 Å². The van der Waals surface area contributed by atoms with Gasteiger partial charge >= 0.3 is 6.09 Å². The summed E-state index contributed by atoms with van der Waals surface area (Å²) in [4.78, 5) is 63.3. The molecule has 3 N–H and O–H groups in total. The third kappa shape index (κ3) is 9.58. The molecule has 5 atom stereocenters. The van der Waals surface area contributed by atoms with Crippen molar-refractivity contribution >= 4 is 50.4 Å². The van der Waals surface area contributed by atoms with Crippen LogP contribution in [-0.2, 0) is 29.1 Å². The molecule has 2 aliphatic heterocycles. The number of methoxy groups -OCH3 is 1. The minimum absolute atomic E-state index is 0.00436. The van der Waals surface area contributed by atoms with E-state index in [4.69, 9.17) is 29.0 Å². The first-order valence-corrected chi connectivity index (χ1v) is 24.5. The Hall–Kier alpha value is -5.91. The van der Waals surface area contributed by atoms with Gasteiger partial charge in [-0.2, -0.15) is 9.61 Å². The number of carbonyl (C=O) groups excluding carboxylic acids is 4. The number of aromatic nitrogens is 3. The summed E-state index contributed by atoms with van der Waals surface area (Å²) in [5.74, 6) is -0.769. The summed E-state index contributed by atoms with van der Waals surface area (Å²) >= 11 is 0. The van der Waals surface area contributed by atoms with E-state index in [1.165, 1.54) is 4.90 Å². The highest BCUT2D eigenvalue weighted by Crippen LogP contribution is 2.46. The van der Waals surface area contributed by atoms with Gasteiger partial charge in [-0.1, -0.05) is 25.0 Å². The predicted octanol–water partition coefficient (Wildman–Crippen LogP) is 5.73. The van der Waals surface area contributed by atoms with Crippen LogP contribution in [0.5, 0.6) is 17.4 Å². The molecule has 346 valence electrons. The molecule has 0 unspecified atom stereocenters. The van der Waals surface area contributed by atoms with Crippen LogP contribution in [0.4, 0.5) is 4.79 Å². The molecule has 9 rings (SSSR count). The first-order valence-electron chi connectivity index (χ1n) is 22.9. The van der Waals surface area contributed by atoms with Gasteiger partial charge < -0.3 is 34.5 Å². The third-order valence-corrected chi connectivity index (χ3v) is 14.9. The fourth-order valence-corrected chi connectivity index (χ4v) is 10.7. The second-order valence-corrected chi connectivity index (χ2v) is 20.3. The predicted molar refractivity (Wildman–Crippen MR) is 240 cm³/mol. The maximum Gasteiger partial charge on any atom is 0.408 e. The van der Waals surface area contributed by atoms with Crippen molar-refractivity contribution in [1.82, 2.24) is 34.9 Å². The number of rotatable bonds is 11. The highest BCUT2D eigenvalue weighted by atomic mass is 32.2. The minimum Gasteiger partial charge on any atom is -0.497 e.